The average molecular weight is 469 g/mol. The summed E-state index contributed by atoms with van der Waals surface area (Å²) in [6, 6.07) is 8.53. The summed E-state index contributed by atoms with van der Waals surface area (Å²) in [5, 5.41) is 14.9. The van der Waals surface area contributed by atoms with Crippen molar-refractivity contribution in [2.24, 2.45) is 0 Å². The number of amides is 1. The van der Waals surface area contributed by atoms with Crippen LogP contribution in [0, 0.1) is 13.8 Å². The predicted octanol–water partition coefficient (Wildman–Crippen LogP) is 5.19. The topological polar surface area (TPSA) is 96.9 Å². The number of benzene rings is 2. The van der Waals surface area contributed by atoms with Crippen LogP contribution in [0.1, 0.15) is 50.3 Å². The molecular weight excluding hydrogens is 432 g/mol. The minimum Gasteiger partial charge on any atom is -0.496 e. The van der Waals surface area contributed by atoms with Crippen LogP contribution in [0.5, 0.6) is 11.5 Å². The maximum absolute atomic E-state index is 12.7. The van der Waals surface area contributed by atoms with E-state index in [1.54, 1.807) is 20.3 Å². The monoisotopic (exact) mass is 468 g/mol. The van der Waals surface area contributed by atoms with Crippen LogP contribution in [0.15, 0.2) is 29.8 Å². The Labute approximate surface area is 202 Å². The third-order valence-corrected chi connectivity index (χ3v) is 5.58. The highest BCUT2D eigenvalue weighted by Crippen LogP contribution is 2.45. The molecule has 2 aromatic carbocycles. The molecule has 7 nitrogen and oxygen atoms in total. The van der Waals surface area contributed by atoms with Gasteiger partial charge in [-0.25, -0.2) is 0 Å². The fraction of sp³-hybridized carbons (Fsp3) is 0.407. The van der Waals surface area contributed by atoms with Gasteiger partial charge in [-0.3, -0.25) is 9.59 Å². The number of rotatable bonds is 11. The van der Waals surface area contributed by atoms with Gasteiger partial charge in [0.05, 0.1) is 20.6 Å². The number of aliphatic carboxylic acids is 1. The van der Waals surface area contributed by atoms with Gasteiger partial charge in [0.25, 0.3) is 0 Å². The molecule has 0 aliphatic carbocycles. The first kappa shape index (κ1) is 26.8. The van der Waals surface area contributed by atoms with Gasteiger partial charge in [0.1, 0.15) is 11.5 Å². The highest BCUT2D eigenvalue weighted by molar-refractivity contribution is 5.99. The molecule has 0 saturated heterocycles. The summed E-state index contributed by atoms with van der Waals surface area (Å²) in [5.41, 5.74) is 6.04. The Morgan fingerprint density at radius 3 is 2.15 bits per heavy atom. The van der Waals surface area contributed by atoms with Crippen LogP contribution in [0.4, 0.5) is 5.69 Å². The third-order valence-electron chi connectivity index (χ3n) is 5.58. The summed E-state index contributed by atoms with van der Waals surface area (Å²) in [4.78, 5) is 23.4. The van der Waals surface area contributed by atoms with Gasteiger partial charge in [-0.05, 0) is 57.9 Å². The summed E-state index contributed by atoms with van der Waals surface area (Å²) in [6.07, 6.45) is 2.16. The molecule has 2 aromatic rings. The Morgan fingerprint density at radius 2 is 1.65 bits per heavy atom. The molecule has 0 heterocycles. The van der Waals surface area contributed by atoms with E-state index >= 15 is 0 Å². The smallest absolute Gasteiger partial charge is 0.305 e. The Balaban J connectivity index is 2.57. The van der Waals surface area contributed by atoms with Crippen LogP contribution < -0.4 is 20.1 Å². The Morgan fingerprint density at radius 1 is 1.03 bits per heavy atom. The van der Waals surface area contributed by atoms with E-state index in [9.17, 15) is 9.59 Å². The van der Waals surface area contributed by atoms with E-state index < -0.39 is 5.97 Å². The van der Waals surface area contributed by atoms with Gasteiger partial charge in [-0.15, -0.1) is 0 Å². The normalized spacial score (nSPS) is 11.4. The van der Waals surface area contributed by atoms with E-state index in [-0.39, 0.29) is 18.9 Å². The van der Waals surface area contributed by atoms with Gasteiger partial charge in [0, 0.05) is 46.1 Å². The molecule has 0 radical (unpaired) electrons. The second kappa shape index (κ2) is 12.1. The number of ether oxygens (including phenoxy) is 2. The van der Waals surface area contributed by atoms with Crippen molar-refractivity contribution in [3.05, 3.63) is 46.5 Å². The lowest BCUT2D eigenvalue weighted by molar-refractivity contribution is -0.136. The molecule has 7 heteroatoms. The molecule has 0 aliphatic rings. The third kappa shape index (κ3) is 6.31. The van der Waals surface area contributed by atoms with Crippen molar-refractivity contribution in [3.63, 3.8) is 0 Å². The first-order chi connectivity index (χ1) is 16.1. The SMILES string of the molecule is CCC(=Cc1c(C)c(OC)c(-c2ccc(NC(C)C)cc2)c(C)c1OC)C(=O)NCCC(=O)O. The zero-order valence-electron chi connectivity index (χ0n) is 21.2. The van der Waals surface area contributed by atoms with Crippen molar-refractivity contribution in [2.45, 2.75) is 53.5 Å². The molecule has 0 aromatic heterocycles. The van der Waals surface area contributed by atoms with E-state index in [1.165, 1.54) is 0 Å². The molecule has 0 bridgehead atoms. The van der Waals surface area contributed by atoms with Gasteiger partial charge in [0.2, 0.25) is 5.91 Å². The lowest BCUT2D eigenvalue weighted by Gasteiger charge is -2.22. The molecule has 34 heavy (non-hydrogen) atoms. The fourth-order valence-electron chi connectivity index (χ4n) is 3.97. The number of carbonyl (C=O) groups is 2. The molecule has 0 aliphatic heterocycles. The minimum atomic E-state index is -0.955. The molecule has 2 rings (SSSR count). The van der Waals surface area contributed by atoms with E-state index in [1.807, 2.05) is 32.9 Å². The maximum atomic E-state index is 12.7. The average Bonchev–Trinajstić information content (AvgIpc) is 2.79. The molecule has 0 fully saturated rings. The minimum absolute atomic E-state index is 0.0740. The molecule has 184 valence electrons. The Kier molecular flexibility index (Phi) is 9.54. The number of carboxylic acid groups (broad SMARTS) is 1. The van der Waals surface area contributed by atoms with Gasteiger partial charge in [0.15, 0.2) is 0 Å². The second-order valence-electron chi connectivity index (χ2n) is 8.40. The largest absolute Gasteiger partial charge is 0.496 e. The molecule has 0 spiro atoms. The van der Waals surface area contributed by atoms with E-state index in [0.717, 1.165) is 39.3 Å². The van der Waals surface area contributed by atoms with Crippen molar-refractivity contribution in [1.29, 1.82) is 0 Å². The fourth-order valence-corrected chi connectivity index (χ4v) is 3.97. The quantitative estimate of drug-likeness (QED) is 0.393. The van der Waals surface area contributed by atoms with Crippen molar-refractivity contribution in [3.8, 4) is 22.6 Å². The predicted molar refractivity (Wildman–Crippen MR) is 137 cm³/mol. The first-order valence-corrected chi connectivity index (χ1v) is 11.5. The number of anilines is 1. The molecule has 1 amide bonds. The highest BCUT2D eigenvalue weighted by Gasteiger charge is 2.22. The van der Waals surface area contributed by atoms with Gasteiger partial charge in [-0.2, -0.15) is 0 Å². The number of carboxylic acids is 1. The Bertz CT molecular complexity index is 1060. The maximum Gasteiger partial charge on any atom is 0.305 e. The standard InChI is InChI=1S/C27H36N2O5/c1-8-19(27(32)28-14-13-23(30)31)15-22-17(4)26(34-7)24(18(5)25(22)33-6)20-9-11-21(12-10-20)29-16(2)3/h9-12,15-16,29H,8,13-14H2,1-7H3,(H,28,32)(H,30,31). The van der Waals surface area contributed by atoms with Crippen LogP contribution >= 0.6 is 0 Å². The highest BCUT2D eigenvalue weighted by atomic mass is 16.5. The van der Waals surface area contributed by atoms with E-state index in [0.29, 0.717) is 23.8 Å². The van der Waals surface area contributed by atoms with Crippen molar-refractivity contribution >= 4 is 23.6 Å². The van der Waals surface area contributed by atoms with Crippen molar-refractivity contribution in [2.75, 3.05) is 26.1 Å². The van der Waals surface area contributed by atoms with Crippen LogP contribution in [0.25, 0.3) is 17.2 Å². The van der Waals surface area contributed by atoms with Crippen LogP contribution in [0.3, 0.4) is 0 Å². The van der Waals surface area contributed by atoms with Crippen LogP contribution in [0.2, 0.25) is 0 Å². The van der Waals surface area contributed by atoms with Gasteiger partial charge < -0.3 is 25.2 Å². The van der Waals surface area contributed by atoms with Gasteiger partial charge in [-0.1, -0.05) is 19.1 Å². The van der Waals surface area contributed by atoms with Crippen molar-refractivity contribution in [1.82, 2.24) is 5.32 Å². The lowest BCUT2D eigenvalue weighted by atomic mass is 9.90. The molecular formula is C27H36N2O5. The van der Waals surface area contributed by atoms with Gasteiger partial charge >= 0.3 is 5.97 Å². The summed E-state index contributed by atoms with van der Waals surface area (Å²) in [5.74, 6) is 0.140. The molecule has 3 N–H and O–H groups in total. The van der Waals surface area contributed by atoms with E-state index in [4.69, 9.17) is 14.6 Å². The molecule has 0 unspecified atom stereocenters. The summed E-state index contributed by atoms with van der Waals surface area (Å²) >= 11 is 0. The number of hydrogen-bond acceptors (Lipinski definition) is 5. The van der Waals surface area contributed by atoms with Crippen LogP contribution in [-0.2, 0) is 9.59 Å². The number of nitrogens with one attached hydrogen (secondary N) is 2. The second-order valence-corrected chi connectivity index (χ2v) is 8.40. The zero-order valence-corrected chi connectivity index (χ0v) is 21.2. The zero-order chi connectivity index (χ0) is 25.4. The Hall–Kier alpha value is -3.48. The summed E-state index contributed by atoms with van der Waals surface area (Å²) in [6.45, 7) is 10.1. The lowest BCUT2D eigenvalue weighted by Crippen LogP contribution is -2.27. The molecule has 0 saturated carbocycles. The number of carbonyl (C=O) groups excluding carboxylic acids is 1. The number of methoxy groups -OCH3 is 2. The molecule has 0 atom stereocenters. The van der Waals surface area contributed by atoms with E-state index in [2.05, 4.69) is 36.6 Å². The number of hydrogen-bond donors (Lipinski definition) is 3. The van der Waals surface area contributed by atoms with Crippen molar-refractivity contribution < 1.29 is 24.2 Å². The first-order valence-electron chi connectivity index (χ1n) is 11.5. The summed E-state index contributed by atoms with van der Waals surface area (Å²) < 4.78 is 11.7. The van der Waals surface area contributed by atoms with Crippen LogP contribution in [-0.4, -0.2) is 43.8 Å². The summed E-state index contributed by atoms with van der Waals surface area (Å²) in [7, 11) is 3.25.